The van der Waals surface area contributed by atoms with Gasteiger partial charge in [0.2, 0.25) is 0 Å². The Balaban J connectivity index is 2.05. The number of hydrogen-bond acceptors (Lipinski definition) is 3. The molecule has 0 amide bonds. The van der Waals surface area contributed by atoms with Gasteiger partial charge in [0, 0.05) is 5.56 Å². The fourth-order valence-electron chi connectivity index (χ4n) is 2.66. The maximum Gasteiger partial charge on any atom is 0.435 e. The Morgan fingerprint density at radius 3 is 2.31 bits per heavy atom. The third-order valence-electron chi connectivity index (χ3n) is 4.10. The van der Waals surface area contributed by atoms with E-state index in [0.29, 0.717) is 11.3 Å². The lowest BCUT2D eigenvalue weighted by Crippen LogP contribution is -2.42. The zero-order valence-electron chi connectivity index (χ0n) is 13.2. The van der Waals surface area contributed by atoms with Gasteiger partial charge in [-0.05, 0) is 30.7 Å². The van der Waals surface area contributed by atoms with E-state index in [-0.39, 0.29) is 38.6 Å². The van der Waals surface area contributed by atoms with Crippen LogP contribution in [0.15, 0.2) is 27.8 Å². The van der Waals surface area contributed by atoms with Crippen molar-refractivity contribution in [2.24, 2.45) is 5.16 Å². The number of aryl methyl sites for hydroxylation is 1. The van der Waals surface area contributed by atoms with Gasteiger partial charge in [-0.1, -0.05) is 46.5 Å². The number of rotatable bonds is 3. The highest BCUT2D eigenvalue weighted by Gasteiger charge is 2.62. The Morgan fingerprint density at radius 1 is 1.19 bits per heavy atom. The molecule has 26 heavy (non-hydrogen) atoms. The van der Waals surface area contributed by atoms with Gasteiger partial charge < -0.3 is 15.0 Å². The molecule has 1 unspecified atom stereocenters. The van der Waals surface area contributed by atoms with Gasteiger partial charge in [-0.3, -0.25) is 0 Å². The Kier molecular flexibility index (Phi) is 4.94. The molecule has 1 aromatic carbocycles. The molecule has 2 aromatic rings. The highest BCUT2D eigenvalue weighted by molar-refractivity contribution is 6.48. The van der Waals surface area contributed by atoms with Crippen molar-refractivity contribution in [3.8, 4) is 0 Å². The van der Waals surface area contributed by atoms with Crippen LogP contribution in [0.4, 0.5) is 13.2 Å². The van der Waals surface area contributed by atoms with Gasteiger partial charge in [0.05, 0.1) is 27.2 Å². The van der Waals surface area contributed by atoms with E-state index < -0.39 is 18.2 Å². The van der Waals surface area contributed by atoms with Crippen LogP contribution < -0.4 is 0 Å². The van der Waals surface area contributed by atoms with Gasteiger partial charge in [0.15, 0.2) is 5.76 Å². The van der Waals surface area contributed by atoms with Crippen molar-refractivity contribution in [2.75, 3.05) is 0 Å². The Bertz CT molecular complexity index is 872. The molecule has 0 aliphatic carbocycles. The summed E-state index contributed by atoms with van der Waals surface area (Å²) in [6, 6.07) is 3.65. The van der Waals surface area contributed by atoms with Gasteiger partial charge in [-0.25, -0.2) is 0 Å². The van der Waals surface area contributed by atoms with Crippen molar-refractivity contribution in [3.63, 3.8) is 0 Å². The van der Waals surface area contributed by atoms with E-state index in [1.165, 1.54) is 6.07 Å². The Hall–Kier alpha value is -1.41. The van der Waals surface area contributed by atoms with Crippen LogP contribution in [0, 0.1) is 6.92 Å². The molecule has 1 atom stereocenters. The van der Waals surface area contributed by atoms with E-state index in [9.17, 15) is 13.2 Å². The summed E-state index contributed by atoms with van der Waals surface area (Å²) in [5.41, 5.74) is 4.92. The average Bonchev–Trinajstić information content (AvgIpc) is 3.16. The topological polar surface area (TPSA) is 58.5 Å². The summed E-state index contributed by atoms with van der Waals surface area (Å²) in [6.45, 7) is 1.57. The van der Waals surface area contributed by atoms with E-state index in [1.54, 1.807) is 6.92 Å². The van der Waals surface area contributed by atoms with Crippen molar-refractivity contribution in [1.82, 2.24) is 0 Å². The van der Waals surface area contributed by atoms with E-state index in [1.807, 2.05) is 0 Å². The maximum absolute atomic E-state index is 13.9. The van der Waals surface area contributed by atoms with Gasteiger partial charge >= 0.3 is 6.18 Å². The van der Waals surface area contributed by atoms with Crippen LogP contribution in [-0.4, -0.2) is 11.9 Å². The predicted molar refractivity (Wildman–Crippen MR) is 92.9 cm³/mol. The molecule has 3 rings (SSSR count). The molecular weight excluding hydrogens is 416 g/mol. The SMILES string of the molecule is Cc1cc(C2=NOC(c3cc(Cl)c(Cl)c(Cl)c3)(C(F)(F)F)C2)oc1C[NH-]. The Labute approximate surface area is 161 Å². The first kappa shape index (κ1) is 19.4. The molecule has 0 bridgehead atoms. The minimum Gasteiger partial charge on any atom is -0.671 e. The molecule has 0 saturated carbocycles. The molecule has 140 valence electrons. The van der Waals surface area contributed by atoms with Crippen LogP contribution >= 0.6 is 34.8 Å². The average molecular weight is 427 g/mol. The first-order valence-corrected chi connectivity index (χ1v) is 8.43. The van der Waals surface area contributed by atoms with Crippen molar-refractivity contribution >= 4 is 40.5 Å². The van der Waals surface area contributed by atoms with E-state index in [0.717, 1.165) is 12.1 Å². The number of furan rings is 1. The summed E-state index contributed by atoms with van der Waals surface area (Å²) in [5, 5.41) is 3.30. The standard InChI is InChI=1S/C16H11Cl3F3N2O2/c1-7-2-12(25-13(7)6-23)11-5-15(26-24-11,16(20,21)22)8-3-9(17)14(19)10(18)4-8/h2-4,23H,5-6H2,1H3/q-1. The molecule has 2 heterocycles. The lowest BCUT2D eigenvalue weighted by atomic mass is 9.87. The number of alkyl halides is 3. The third kappa shape index (κ3) is 3.07. The number of halogens is 6. The minimum atomic E-state index is -4.81. The minimum absolute atomic E-state index is 0.0210. The second kappa shape index (κ2) is 6.64. The first-order valence-electron chi connectivity index (χ1n) is 7.30. The molecular formula is C16H11Cl3F3N2O2-. The van der Waals surface area contributed by atoms with Gasteiger partial charge in [-0.2, -0.15) is 13.2 Å². The van der Waals surface area contributed by atoms with Crippen molar-refractivity contribution in [3.05, 3.63) is 61.6 Å². The number of nitrogens with one attached hydrogen (secondary N) is 1. The number of oxime groups is 1. The van der Waals surface area contributed by atoms with Crippen molar-refractivity contribution in [1.29, 1.82) is 0 Å². The number of hydrogen-bond donors (Lipinski definition) is 0. The summed E-state index contributed by atoms with van der Waals surface area (Å²) in [6.07, 6.45) is -5.44. The van der Waals surface area contributed by atoms with Gasteiger partial charge in [-0.15, -0.1) is 0 Å². The molecule has 0 radical (unpaired) electrons. The summed E-state index contributed by atoms with van der Waals surface area (Å²) < 4.78 is 47.2. The van der Waals surface area contributed by atoms with Crippen LogP contribution in [0.1, 0.15) is 29.1 Å². The van der Waals surface area contributed by atoms with Crippen LogP contribution in [0.2, 0.25) is 15.1 Å². The summed E-state index contributed by atoms with van der Waals surface area (Å²) >= 11 is 17.6. The molecule has 0 spiro atoms. The monoisotopic (exact) mass is 425 g/mol. The fourth-order valence-corrected chi connectivity index (χ4v) is 3.26. The third-order valence-corrected chi connectivity index (χ3v) is 5.30. The van der Waals surface area contributed by atoms with Gasteiger partial charge in [0.1, 0.15) is 5.71 Å². The lowest BCUT2D eigenvalue weighted by molar-refractivity contribution is -0.275. The molecule has 4 nitrogen and oxygen atoms in total. The zero-order valence-corrected chi connectivity index (χ0v) is 15.4. The molecule has 1 aliphatic rings. The predicted octanol–water partition coefficient (Wildman–Crippen LogP) is 6.68. The summed E-state index contributed by atoms with van der Waals surface area (Å²) in [5.74, 6) is 0.479. The molecule has 1 aliphatic heterocycles. The number of benzene rings is 1. The largest absolute Gasteiger partial charge is 0.671 e. The molecule has 1 N–H and O–H groups in total. The van der Waals surface area contributed by atoms with Crippen LogP contribution in [-0.2, 0) is 17.0 Å². The van der Waals surface area contributed by atoms with E-state index in [2.05, 4.69) is 5.16 Å². The highest BCUT2D eigenvalue weighted by atomic mass is 35.5. The molecule has 0 fully saturated rings. The van der Waals surface area contributed by atoms with E-state index >= 15 is 0 Å². The van der Waals surface area contributed by atoms with Gasteiger partial charge in [0.25, 0.3) is 5.60 Å². The Morgan fingerprint density at radius 2 is 1.81 bits per heavy atom. The molecule has 1 aromatic heterocycles. The smallest absolute Gasteiger partial charge is 0.435 e. The summed E-state index contributed by atoms with van der Waals surface area (Å²) in [4.78, 5) is 4.89. The number of nitrogens with zero attached hydrogens (tertiary/aromatic N) is 1. The van der Waals surface area contributed by atoms with E-state index in [4.69, 9.17) is 49.8 Å². The zero-order chi connectivity index (χ0) is 19.3. The van der Waals surface area contributed by atoms with Crippen LogP contribution in [0.5, 0.6) is 0 Å². The lowest BCUT2D eigenvalue weighted by Gasteiger charge is -2.29. The highest BCUT2D eigenvalue weighted by Crippen LogP contribution is 2.50. The molecule has 0 saturated heterocycles. The van der Waals surface area contributed by atoms with Crippen LogP contribution in [0.25, 0.3) is 5.73 Å². The molecule has 10 heteroatoms. The van der Waals surface area contributed by atoms with Crippen molar-refractivity contribution < 1.29 is 22.4 Å². The summed E-state index contributed by atoms with van der Waals surface area (Å²) in [7, 11) is 0. The van der Waals surface area contributed by atoms with Crippen molar-refractivity contribution in [2.45, 2.75) is 31.7 Å². The fraction of sp³-hybridized carbons (Fsp3) is 0.312. The van der Waals surface area contributed by atoms with Crippen LogP contribution in [0.3, 0.4) is 0 Å². The maximum atomic E-state index is 13.9. The quantitative estimate of drug-likeness (QED) is 0.514. The second-order valence-corrected chi connectivity index (χ2v) is 6.97. The normalized spacial score (nSPS) is 20.2. The second-order valence-electron chi connectivity index (χ2n) is 5.78. The first-order chi connectivity index (χ1) is 12.1.